The van der Waals surface area contributed by atoms with Crippen molar-refractivity contribution in [1.29, 1.82) is 0 Å². The van der Waals surface area contributed by atoms with Gasteiger partial charge in [0.2, 0.25) is 0 Å². The molecule has 4 aliphatic carbocycles. The van der Waals surface area contributed by atoms with E-state index in [1.165, 1.54) is 6.42 Å². The molecule has 6 heteroatoms. The van der Waals surface area contributed by atoms with Gasteiger partial charge in [0.25, 0.3) is 5.09 Å². The van der Waals surface area contributed by atoms with Gasteiger partial charge in [-0.25, -0.2) is 0 Å². The molecule has 4 aliphatic rings. The Morgan fingerprint density at radius 3 is 2.05 bits per heavy atom. The van der Waals surface area contributed by atoms with Crippen LogP contribution in [0.4, 0.5) is 0 Å². The lowest BCUT2D eigenvalue weighted by Crippen LogP contribution is -2.67. The molecule has 0 aromatic rings. The zero-order valence-electron chi connectivity index (χ0n) is 11.6. The van der Waals surface area contributed by atoms with Crippen molar-refractivity contribution in [1.82, 2.24) is 0 Å². The Balaban J connectivity index is 0.00000133. The van der Waals surface area contributed by atoms with Crippen molar-refractivity contribution in [2.24, 2.45) is 22.0 Å². The normalized spacial score (nSPS) is 50.7. The largest absolute Gasteiger partial charge is 0.325 e. The highest BCUT2D eigenvalue weighted by molar-refractivity contribution is 8.93. The maximum Gasteiger partial charge on any atom is 0.294 e. The summed E-state index contributed by atoms with van der Waals surface area (Å²) in [4.78, 5) is 15.2. The fourth-order valence-electron chi connectivity index (χ4n) is 6.38. The molecule has 0 heterocycles. The summed E-state index contributed by atoms with van der Waals surface area (Å²) in [6.07, 6.45) is 6.29. The average molecular weight is 335 g/mol. The van der Waals surface area contributed by atoms with Crippen LogP contribution in [0.25, 0.3) is 0 Å². The van der Waals surface area contributed by atoms with Crippen molar-refractivity contribution in [2.75, 3.05) is 6.61 Å². The summed E-state index contributed by atoms with van der Waals surface area (Å²) < 4.78 is 0. The molecule has 2 atom stereocenters. The van der Waals surface area contributed by atoms with Gasteiger partial charge >= 0.3 is 0 Å². The molecule has 0 spiro atoms. The van der Waals surface area contributed by atoms with Crippen LogP contribution in [0.5, 0.6) is 0 Å². The Morgan fingerprint density at radius 2 is 1.63 bits per heavy atom. The predicted molar refractivity (Wildman–Crippen MR) is 76.5 cm³/mol. The summed E-state index contributed by atoms with van der Waals surface area (Å²) in [5.74, 6) is 0. The lowest BCUT2D eigenvalue weighted by molar-refractivity contribution is -0.761. The molecular formula is C13H23BrN2O3. The molecule has 0 amide bonds. The second-order valence-electron chi connectivity index (χ2n) is 8.04. The van der Waals surface area contributed by atoms with E-state index in [0.29, 0.717) is 0 Å². The van der Waals surface area contributed by atoms with E-state index in [-0.39, 0.29) is 45.4 Å². The van der Waals surface area contributed by atoms with Crippen LogP contribution in [-0.4, -0.2) is 17.2 Å². The van der Waals surface area contributed by atoms with Gasteiger partial charge in [0, 0.05) is 5.54 Å². The van der Waals surface area contributed by atoms with E-state index in [9.17, 15) is 10.1 Å². The molecule has 19 heavy (non-hydrogen) atoms. The number of hydrogen-bond donors (Lipinski definition) is 1. The zero-order chi connectivity index (χ0) is 13.2. The molecule has 5 nitrogen and oxygen atoms in total. The second-order valence-corrected chi connectivity index (χ2v) is 8.04. The molecule has 4 fully saturated rings. The summed E-state index contributed by atoms with van der Waals surface area (Å²) in [5.41, 5.74) is 6.86. The number of nitrogens with two attached hydrogens (primary N) is 1. The van der Waals surface area contributed by atoms with Gasteiger partial charge in [-0.15, -0.1) is 27.1 Å². The van der Waals surface area contributed by atoms with Crippen LogP contribution in [0.3, 0.4) is 0 Å². The quantitative estimate of drug-likeness (QED) is 0.635. The van der Waals surface area contributed by atoms with E-state index >= 15 is 0 Å². The fourth-order valence-corrected chi connectivity index (χ4v) is 6.38. The number of hydrogen-bond acceptors (Lipinski definition) is 4. The van der Waals surface area contributed by atoms with Gasteiger partial charge in [-0.3, -0.25) is 0 Å². The zero-order valence-corrected chi connectivity index (χ0v) is 13.3. The van der Waals surface area contributed by atoms with E-state index in [1.54, 1.807) is 0 Å². The third kappa shape index (κ3) is 2.49. The Morgan fingerprint density at radius 1 is 1.11 bits per heavy atom. The molecule has 0 aromatic carbocycles. The lowest BCUT2D eigenvalue weighted by Gasteiger charge is -2.68. The van der Waals surface area contributed by atoms with E-state index in [4.69, 9.17) is 10.6 Å². The van der Waals surface area contributed by atoms with Gasteiger partial charge in [0.05, 0.1) is 0 Å². The van der Waals surface area contributed by atoms with E-state index < -0.39 is 5.09 Å². The van der Waals surface area contributed by atoms with Gasteiger partial charge in [-0.1, -0.05) is 13.8 Å². The highest BCUT2D eigenvalue weighted by Gasteiger charge is 2.64. The van der Waals surface area contributed by atoms with Crippen molar-refractivity contribution in [3.05, 3.63) is 10.1 Å². The molecule has 2 unspecified atom stereocenters. The van der Waals surface area contributed by atoms with E-state index in [2.05, 4.69) is 13.8 Å². The van der Waals surface area contributed by atoms with Crippen LogP contribution < -0.4 is 5.73 Å². The Hall–Kier alpha value is -0.360. The van der Waals surface area contributed by atoms with Gasteiger partial charge in [-0.2, -0.15) is 0 Å². The first-order chi connectivity index (χ1) is 8.16. The van der Waals surface area contributed by atoms with Crippen molar-refractivity contribution in [2.45, 2.75) is 57.9 Å². The first-order valence-electron chi connectivity index (χ1n) is 6.72. The minimum absolute atomic E-state index is 0. The predicted octanol–water partition coefficient (Wildman–Crippen LogP) is 2.85. The van der Waals surface area contributed by atoms with Gasteiger partial charge in [0.1, 0.15) is 6.61 Å². The fraction of sp³-hybridized carbons (Fsp3) is 1.00. The van der Waals surface area contributed by atoms with E-state index in [1.807, 2.05) is 0 Å². The minimum Gasteiger partial charge on any atom is -0.325 e. The van der Waals surface area contributed by atoms with Crippen LogP contribution in [0.1, 0.15) is 52.4 Å². The highest BCUT2D eigenvalue weighted by atomic mass is 79.9. The third-order valence-corrected chi connectivity index (χ3v) is 5.22. The van der Waals surface area contributed by atoms with Gasteiger partial charge in [-0.05, 0) is 54.8 Å². The van der Waals surface area contributed by atoms with Gasteiger partial charge < -0.3 is 10.6 Å². The third-order valence-electron chi connectivity index (χ3n) is 5.22. The van der Waals surface area contributed by atoms with Crippen molar-refractivity contribution >= 4 is 17.0 Å². The molecular weight excluding hydrogens is 312 g/mol. The van der Waals surface area contributed by atoms with Crippen LogP contribution in [0.2, 0.25) is 0 Å². The maximum absolute atomic E-state index is 10.5. The molecule has 0 aromatic heterocycles. The van der Waals surface area contributed by atoms with Crippen molar-refractivity contribution < 1.29 is 9.92 Å². The van der Waals surface area contributed by atoms with Crippen LogP contribution in [0.15, 0.2) is 0 Å². The highest BCUT2D eigenvalue weighted by Crippen LogP contribution is 2.70. The van der Waals surface area contributed by atoms with Gasteiger partial charge in [0.15, 0.2) is 0 Å². The topological polar surface area (TPSA) is 78.4 Å². The molecule has 0 saturated heterocycles. The molecule has 4 saturated carbocycles. The maximum atomic E-state index is 10.5. The van der Waals surface area contributed by atoms with Crippen molar-refractivity contribution in [3.63, 3.8) is 0 Å². The summed E-state index contributed by atoms with van der Waals surface area (Å²) in [6.45, 7) is 4.82. The number of halogens is 1. The molecule has 0 radical (unpaired) electrons. The number of rotatable bonds is 3. The van der Waals surface area contributed by atoms with Crippen LogP contribution in [-0.2, 0) is 4.84 Å². The molecule has 110 valence electrons. The molecule has 4 rings (SSSR count). The first-order valence-corrected chi connectivity index (χ1v) is 6.72. The summed E-state index contributed by atoms with van der Waals surface area (Å²) in [7, 11) is 0. The average Bonchev–Trinajstić information content (AvgIpc) is 2.06. The standard InChI is InChI=1S/C13H22N2O3.BrH/c1-10-3-11(2)5-12(4-10,9-18-15(16)17)8-13(14,6-10)7-11;/h3-9,14H2,1-2H3;1H. The summed E-state index contributed by atoms with van der Waals surface area (Å²) in [5, 5.41) is 9.82. The molecule has 2 N–H and O–H groups in total. The summed E-state index contributed by atoms with van der Waals surface area (Å²) >= 11 is 0. The summed E-state index contributed by atoms with van der Waals surface area (Å²) in [6, 6.07) is 0. The Bertz CT molecular complexity index is 361. The second kappa shape index (κ2) is 4.07. The van der Waals surface area contributed by atoms with E-state index in [0.717, 1.165) is 32.1 Å². The Labute approximate surface area is 124 Å². The Kier molecular flexibility index (Phi) is 3.22. The first kappa shape index (κ1) is 15.0. The smallest absolute Gasteiger partial charge is 0.294 e. The molecule has 0 aliphatic heterocycles. The minimum atomic E-state index is -0.660. The monoisotopic (exact) mass is 334 g/mol. The van der Waals surface area contributed by atoms with Crippen molar-refractivity contribution in [3.8, 4) is 0 Å². The van der Waals surface area contributed by atoms with Crippen LogP contribution in [0, 0.1) is 26.4 Å². The number of nitrogens with zero attached hydrogens (tertiary/aromatic N) is 1. The lowest BCUT2D eigenvalue weighted by atomic mass is 9.38. The molecule has 4 bridgehead atoms. The SMILES string of the molecule is Br.CC12CC3(C)CC(N)(C1)CC(CO[N+](=O)[O-])(C2)C3. The van der Waals surface area contributed by atoms with Crippen LogP contribution >= 0.6 is 17.0 Å².